The normalized spacial score (nSPS) is 24.0. The summed E-state index contributed by atoms with van der Waals surface area (Å²) in [6.45, 7) is -1.13. The lowest BCUT2D eigenvalue weighted by Gasteiger charge is -2.36. The van der Waals surface area contributed by atoms with Crippen molar-refractivity contribution in [3.63, 3.8) is 0 Å². The van der Waals surface area contributed by atoms with Crippen LogP contribution in [-0.4, -0.2) is 94.2 Å². The summed E-state index contributed by atoms with van der Waals surface area (Å²) in [6, 6.07) is -0.537. The fraction of sp³-hybridized carbons (Fsp3) is 0.567. The Balaban J connectivity index is 1.48. The van der Waals surface area contributed by atoms with E-state index in [0.29, 0.717) is 4.90 Å². The highest BCUT2D eigenvalue weighted by atomic mass is 32.2. The van der Waals surface area contributed by atoms with Crippen LogP contribution in [0.1, 0.15) is 42.7 Å². The zero-order chi connectivity index (χ0) is 35.8. The van der Waals surface area contributed by atoms with E-state index in [4.69, 9.17) is 4.74 Å². The molecule has 2 saturated heterocycles. The summed E-state index contributed by atoms with van der Waals surface area (Å²) < 4.78 is 131. The molecule has 0 radical (unpaired) electrons. The number of piperazine rings is 1. The molecular weight excluding hydrogens is 689 g/mol. The zero-order valence-electron chi connectivity index (χ0n) is 26.4. The molecule has 2 N–H and O–H groups in total. The number of nitrogens with one attached hydrogen (secondary N) is 2. The molecule has 49 heavy (non-hydrogen) atoms. The lowest BCUT2D eigenvalue weighted by Crippen LogP contribution is -2.51. The van der Waals surface area contributed by atoms with Gasteiger partial charge in [0, 0.05) is 74.5 Å². The first-order valence-corrected chi connectivity index (χ1v) is 17.3. The Bertz CT molecular complexity index is 1640. The zero-order valence-corrected chi connectivity index (χ0v) is 27.3. The third kappa shape index (κ3) is 7.81. The maximum absolute atomic E-state index is 15.4. The Morgan fingerprint density at radius 1 is 1.02 bits per heavy atom. The highest BCUT2D eigenvalue weighted by Crippen LogP contribution is 2.45. The minimum absolute atomic E-state index is 0.0978. The van der Waals surface area contributed by atoms with E-state index in [1.165, 1.54) is 4.90 Å². The van der Waals surface area contributed by atoms with Crippen molar-refractivity contribution in [2.45, 2.75) is 56.3 Å². The molecule has 2 aromatic rings. The van der Waals surface area contributed by atoms with E-state index in [9.17, 15) is 40.0 Å². The van der Waals surface area contributed by atoms with Crippen LogP contribution in [-0.2, 0) is 21.0 Å². The van der Waals surface area contributed by atoms with E-state index in [1.54, 1.807) is 0 Å². The summed E-state index contributed by atoms with van der Waals surface area (Å²) in [5.41, 5.74) is -2.39. The molecule has 270 valence electrons. The standard InChI is InChI=1S/C30H35F7N6O5S/c1-48-18-13-20(31)23(21(32)14-18)19-15-43(28(44)25(19)40-29(45)39-17-5-3-16(4-6-17)26(33)34)27-24(30(35,36)37)22(7-8-38-27)41-9-11-42(12-10-41)49(2,46)47/h7-8,13-14,16-17,19,25-26H,3-6,9-12,15H2,1-2H3,(H2,39,40,45)/t16?,17?,19-,25?/m0/s1. The summed E-state index contributed by atoms with van der Waals surface area (Å²) in [5, 5.41) is 4.94. The molecule has 2 aliphatic heterocycles. The summed E-state index contributed by atoms with van der Waals surface area (Å²) in [5.74, 6) is -6.91. The molecule has 19 heteroatoms. The highest BCUT2D eigenvalue weighted by Gasteiger charge is 2.49. The van der Waals surface area contributed by atoms with Crippen molar-refractivity contribution in [1.29, 1.82) is 0 Å². The quantitative estimate of drug-likeness (QED) is 0.394. The summed E-state index contributed by atoms with van der Waals surface area (Å²) in [7, 11) is -2.43. The first-order chi connectivity index (χ1) is 23.0. The van der Waals surface area contributed by atoms with Crippen LogP contribution in [0, 0.1) is 17.6 Å². The second-order valence-corrected chi connectivity index (χ2v) is 14.3. The van der Waals surface area contributed by atoms with Crippen LogP contribution in [0.4, 0.5) is 47.0 Å². The van der Waals surface area contributed by atoms with Crippen molar-refractivity contribution in [3.8, 4) is 5.75 Å². The molecular formula is C30H35F7N6O5S. The second kappa shape index (κ2) is 14.2. The molecule has 3 amide bonds. The molecule has 3 fully saturated rings. The number of carbonyl (C=O) groups excluding carboxylic acids is 2. The molecule has 0 bridgehead atoms. The number of alkyl halides is 5. The molecule has 1 aliphatic carbocycles. The maximum atomic E-state index is 15.4. The topological polar surface area (TPSA) is 124 Å². The smallest absolute Gasteiger partial charge is 0.421 e. The van der Waals surface area contributed by atoms with E-state index in [0.717, 1.165) is 42.1 Å². The first kappa shape index (κ1) is 36.4. The highest BCUT2D eigenvalue weighted by molar-refractivity contribution is 7.88. The minimum atomic E-state index is -5.10. The molecule has 11 nitrogen and oxygen atoms in total. The molecule has 2 atom stereocenters. The summed E-state index contributed by atoms with van der Waals surface area (Å²) in [6.07, 6.45) is -4.91. The Hall–Kier alpha value is -3.87. The molecule has 1 saturated carbocycles. The van der Waals surface area contributed by atoms with Gasteiger partial charge in [-0.15, -0.1) is 0 Å². The van der Waals surface area contributed by atoms with Gasteiger partial charge < -0.3 is 20.3 Å². The molecule has 1 aromatic carbocycles. The van der Waals surface area contributed by atoms with Gasteiger partial charge in [-0.25, -0.2) is 35.8 Å². The molecule has 3 aliphatic rings. The third-order valence-electron chi connectivity index (χ3n) is 9.22. The molecule has 3 heterocycles. The van der Waals surface area contributed by atoms with Crippen LogP contribution in [0.5, 0.6) is 5.75 Å². The number of carbonyl (C=O) groups is 2. The maximum Gasteiger partial charge on any atom is 0.421 e. The summed E-state index contributed by atoms with van der Waals surface area (Å²) >= 11 is 0. The average molecular weight is 725 g/mol. The Kier molecular flexibility index (Phi) is 10.5. The lowest BCUT2D eigenvalue weighted by molar-refractivity contribution is -0.136. The number of anilines is 2. The van der Waals surface area contributed by atoms with Gasteiger partial charge in [0.25, 0.3) is 5.91 Å². The number of pyridine rings is 1. The van der Waals surface area contributed by atoms with Gasteiger partial charge in [-0.3, -0.25) is 9.69 Å². The molecule has 0 spiro atoms. The Labute approximate surface area is 277 Å². The number of ether oxygens (including phenoxy) is 1. The SMILES string of the molecule is COc1cc(F)c([C@@H]2CN(c3nccc(N4CCN(S(C)(=O)=O)CC4)c3C(F)(F)F)C(=O)C2NC(=O)NC2CCC(C(F)F)CC2)c(F)c1. The van der Waals surface area contributed by atoms with Crippen molar-refractivity contribution in [2.75, 3.05) is 55.9 Å². The number of aromatic nitrogens is 1. The van der Waals surface area contributed by atoms with E-state index < -0.39 is 93.6 Å². The van der Waals surface area contributed by atoms with Gasteiger partial charge in [-0.1, -0.05) is 0 Å². The fourth-order valence-corrected chi connectivity index (χ4v) is 7.53. The van der Waals surface area contributed by atoms with Crippen molar-refractivity contribution >= 4 is 33.5 Å². The van der Waals surface area contributed by atoms with Crippen LogP contribution in [0.3, 0.4) is 0 Å². The largest absolute Gasteiger partial charge is 0.497 e. The van der Waals surface area contributed by atoms with Crippen molar-refractivity contribution in [1.82, 2.24) is 19.9 Å². The molecule has 1 aromatic heterocycles. The van der Waals surface area contributed by atoms with Gasteiger partial charge in [0.2, 0.25) is 16.4 Å². The molecule has 1 unspecified atom stereocenters. The predicted octanol–water partition coefficient (Wildman–Crippen LogP) is 4.09. The second-order valence-electron chi connectivity index (χ2n) is 12.3. The van der Waals surface area contributed by atoms with Crippen LogP contribution >= 0.6 is 0 Å². The van der Waals surface area contributed by atoms with E-state index in [-0.39, 0.29) is 63.3 Å². The number of benzene rings is 1. The van der Waals surface area contributed by atoms with E-state index in [2.05, 4.69) is 15.6 Å². The van der Waals surface area contributed by atoms with Crippen LogP contribution in [0.25, 0.3) is 0 Å². The predicted molar refractivity (Wildman–Crippen MR) is 163 cm³/mol. The first-order valence-electron chi connectivity index (χ1n) is 15.4. The number of urea groups is 1. The number of hydrogen-bond acceptors (Lipinski definition) is 7. The number of rotatable bonds is 8. The number of hydrogen-bond donors (Lipinski definition) is 2. The van der Waals surface area contributed by atoms with Crippen molar-refractivity contribution in [3.05, 3.63) is 47.2 Å². The summed E-state index contributed by atoms with van der Waals surface area (Å²) in [4.78, 5) is 32.8. The number of nitrogens with zero attached hydrogens (tertiary/aromatic N) is 4. The third-order valence-corrected chi connectivity index (χ3v) is 10.5. The molecule has 5 rings (SSSR count). The van der Waals surface area contributed by atoms with Gasteiger partial charge in [-0.2, -0.15) is 17.5 Å². The number of sulfonamides is 1. The fourth-order valence-electron chi connectivity index (χ4n) is 6.70. The average Bonchev–Trinajstić information content (AvgIpc) is 3.34. The van der Waals surface area contributed by atoms with Gasteiger partial charge in [-0.05, 0) is 31.7 Å². The van der Waals surface area contributed by atoms with Crippen molar-refractivity contribution in [2.24, 2.45) is 5.92 Å². The van der Waals surface area contributed by atoms with Crippen LogP contribution < -0.4 is 25.2 Å². The van der Waals surface area contributed by atoms with Gasteiger partial charge >= 0.3 is 12.2 Å². The van der Waals surface area contributed by atoms with Gasteiger partial charge in [0.1, 0.15) is 34.8 Å². The number of methoxy groups -OCH3 is 1. The lowest BCUT2D eigenvalue weighted by atomic mass is 9.86. The minimum Gasteiger partial charge on any atom is -0.497 e. The Morgan fingerprint density at radius 2 is 1.63 bits per heavy atom. The number of halogens is 7. The van der Waals surface area contributed by atoms with Crippen LogP contribution in [0.2, 0.25) is 0 Å². The Morgan fingerprint density at radius 3 is 2.16 bits per heavy atom. The van der Waals surface area contributed by atoms with E-state index in [1.807, 2.05) is 0 Å². The monoisotopic (exact) mass is 724 g/mol. The van der Waals surface area contributed by atoms with Crippen molar-refractivity contribution < 1.29 is 53.5 Å². The van der Waals surface area contributed by atoms with Gasteiger partial charge in [0.05, 0.1) is 19.1 Å². The van der Waals surface area contributed by atoms with Gasteiger partial charge in [0.15, 0.2) is 0 Å². The number of amides is 3. The van der Waals surface area contributed by atoms with E-state index >= 15 is 8.78 Å². The van der Waals surface area contributed by atoms with Crippen LogP contribution in [0.15, 0.2) is 24.4 Å².